The maximum absolute atomic E-state index is 6.63. The Kier molecular flexibility index (Phi) is 4.45. The number of rotatable bonds is 4. The van der Waals surface area contributed by atoms with Crippen molar-refractivity contribution in [3.63, 3.8) is 0 Å². The van der Waals surface area contributed by atoms with Crippen molar-refractivity contribution in [3.8, 4) is 0 Å². The molecule has 0 radical (unpaired) electrons. The molecule has 0 aromatic heterocycles. The first-order valence-electron chi connectivity index (χ1n) is 7.59. The van der Waals surface area contributed by atoms with Gasteiger partial charge in [0, 0.05) is 5.54 Å². The highest BCUT2D eigenvalue weighted by molar-refractivity contribution is 5.31. The lowest BCUT2D eigenvalue weighted by atomic mass is 9.76. The molecule has 0 spiro atoms. The van der Waals surface area contributed by atoms with Crippen LogP contribution in [0.1, 0.15) is 75.8 Å². The second kappa shape index (κ2) is 5.88. The van der Waals surface area contributed by atoms with Crippen molar-refractivity contribution < 1.29 is 0 Å². The molecule has 1 aromatic rings. The van der Waals surface area contributed by atoms with Gasteiger partial charge in [-0.3, -0.25) is 0 Å². The van der Waals surface area contributed by atoms with E-state index in [1.165, 1.54) is 43.2 Å². The summed E-state index contributed by atoms with van der Waals surface area (Å²) in [6.45, 7) is 4.55. The van der Waals surface area contributed by atoms with Crippen LogP contribution >= 0.6 is 0 Å². The molecule has 1 heteroatoms. The lowest BCUT2D eigenvalue weighted by molar-refractivity contribution is 0.302. The number of hydrogen-bond acceptors (Lipinski definition) is 1. The summed E-state index contributed by atoms with van der Waals surface area (Å²) in [5.41, 5.74) is 9.42. The van der Waals surface area contributed by atoms with E-state index in [9.17, 15) is 0 Å². The van der Waals surface area contributed by atoms with Gasteiger partial charge in [0.15, 0.2) is 0 Å². The summed E-state index contributed by atoms with van der Waals surface area (Å²) in [6.07, 6.45) is 8.66. The highest BCUT2D eigenvalue weighted by Gasteiger charge is 2.29. The third kappa shape index (κ3) is 2.77. The van der Waals surface area contributed by atoms with E-state index in [-0.39, 0.29) is 5.54 Å². The van der Waals surface area contributed by atoms with Crippen LogP contribution in [0.3, 0.4) is 0 Å². The van der Waals surface area contributed by atoms with Crippen LogP contribution in [0.4, 0.5) is 0 Å². The van der Waals surface area contributed by atoms with Crippen molar-refractivity contribution in [1.29, 1.82) is 0 Å². The molecule has 1 nitrogen and oxygen atoms in total. The number of hydrogen-bond donors (Lipinski definition) is 1. The highest BCUT2D eigenvalue weighted by atomic mass is 14.7. The maximum Gasteiger partial charge on any atom is 0.0409 e. The molecule has 1 aliphatic carbocycles. The van der Waals surface area contributed by atoms with Gasteiger partial charge in [0.2, 0.25) is 0 Å². The van der Waals surface area contributed by atoms with Crippen molar-refractivity contribution in [2.45, 2.75) is 70.3 Å². The van der Waals surface area contributed by atoms with Crippen molar-refractivity contribution in [1.82, 2.24) is 0 Å². The molecule has 2 rings (SSSR count). The molecule has 1 fully saturated rings. The summed E-state index contributed by atoms with van der Waals surface area (Å²) in [7, 11) is 0. The van der Waals surface area contributed by atoms with E-state index in [2.05, 4.69) is 38.1 Å². The molecule has 0 amide bonds. The van der Waals surface area contributed by atoms with Gasteiger partial charge in [-0.1, -0.05) is 57.4 Å². The molecule has 0 aliphatic heterocycles. The van der Waals surface area contributed by atoms with Gasteiger partial charge in [-0.2, -0.15) is 0 Å². The van der Waals surface area contributed by atoms with E-state index < -0.39 is 0 Å². The summed E-state index contributed by atoms with van der Waals surface area (Å²) >= 11 is 0. The van der Waals surface area contributed by atoms with Crippen LogP contribution in [0.15, 0.2) is 24.3 Å². The SMILES string of the molecule is CCC(CC)c1cccc(C2(N)CCCCC2)c1. The van der Waals surface area contributed by atoms with Gasteiger partial charge in [-0.15, -0.1) is 0 Å². The van der Waals surface area contributed by atoms with E-state index >= 15 is 0 Å². The Hall–Kier alpha value is -0.820. The summed E-state index contributed by atoms with van der Waals surface area (Å²) in [5, 5.41) is 0. The van der Waals surface area contributed by atoms with Crippen LogP contribution < -0.4 is 5.73 Å². The van der Waals surface area contributed by atoms with Crippen molar-refractivity contribution >= 4 is 0 Å². The fraction of sp³-hybridized carbons (Fsp3) is 0.647. The van der Waals surface area contributed by atoms with Crippen LogP contribution in [0, 0.1) is 0 Å². The predicted molar refractivity (Wildman–Crippen MR) is 78.7 cm³/mol. The Bertz CT molecular complexity index is 373. The monoisotopic (exact) mass is 245 g/mol. The van der Waals surface area contributed by atoms with Gasteiger partial charge in [-0.05, 0) is 42.7 Å². The lowest BCUT2D eigenvalue weighted by Gasteiger charge is -2.34. The van der Waals surface area contributed by atoms with E-state index in [0.29, 0.717) is 5.92 Å². The number of benzene rings is 1. The Morgan fingerprint density at radius 3 is 2.39 bits per heavy atom. The van der Waals surface area contributed by atoms with Crippen molar-refractivity contribution in [2.24, 2.45) is 5.73 Å². The number of nitrogens with two attached hydrogens (primary N) is 1. The van der Waals surface area contributed by atoms with Gasteiger partial charge in [0.1, 0.15) is 0 Å². The van der Waals surface area contributed by atoms with E-state index in [1.54, 1.807) is 0 Å². The Morgan fingerprint density at radius 1 is 1.11 bits per heavy atom. The summed E-state index contributed by atoms with van der Waals surface area (Å²) in [4.78, 5) is 0. The summed E-state index contributed by atoms with van der Waals surface area (Å²) in [5.74, 6) is 0.692. The zero-order valence-corrected chi connectivity index (χ0v) is 11.9. The first kappa shape index (κ1) is 13.6. The largest absolute Gasteiger partial charge is 0.321 e. The quantitative estimate of drug-likeness (QED) is 0.817. The second-order valence-electron chi connectivity index (χ2n) is 5.86. The van der Waals surface area contributed by atoms with Gasteiger partial charge >= 0.3 is 0 Å². The average molecular weight is 245 g/mol. The van der Waals surface area contributed by atoms with Gasteiger partial charge in [0.25, 0.3) is 0 Å². The molecular weight excluding hydrogens is 218 g/mol. The second-order valence-corrected chi connectivity index (χ2v) is 5.86. The fourth-order valence-corrected chi connectivity index (χ4v) is 3.33. The van der Waals surface area contributed by atoms with E-state index in [1.807, 2.05) is 0 Å². The Balaban J connectivity index is 2.25. The molecular formula is C17H27N. The van der Waals surface area contributed by atoms with Crippen molar-refractivity contribution in [3.05, 3.63) is 35.4 Å². The average Bonchev–Trinajstić information content (AvgIpc) is 2.41. The lowest BCUT2D eigenvalue weighted by Crippen LogP contribution is -2.38. The Labute approximate surface area is 112 Å². The Morgan fingerprint density at radius 2 is 1.78 bits per heavy atom. The first-order chi connectivity index (χ1) is 8.69. The minimum Gasteiger partial charge on any atom is -0.321 e. The zero-order chi connectivity index (χ0) is 13.0. The fourth-order valence-electron chi connectivity index (χ4n) is 3.33. The van der Waals surface area contributed by atoms with E-state index in [0.717, 1.165) is 12.8 Å². The molecule has 2 N–H and O–H groups in total. The van der Waals surface area contributed by atoms with Crippen LogP contribution in [0.5, 0.6) is 0 Å². The summed E-state index contributed by atoms with van der Waals surface area (Å²) < 4.78 is 0. The minimum atomic E-state index is -0.0553. The standard InChI is InChI=1S/C17H27N/c1-3-14(4-2)15-9-8-10-16(13-15)17(18)11-6-5-7-12-17/h8-10,13-14H,3-7,11-12,18H2,1-2H3. The molecule has 1 saturated carbocycles. The molecule has 18 heavy (non-hydrogen) atoms. The molecule has 0 unspecified atom stereocenters. The molecule has 0 atom stereocenters. The third-order valence-electron chi connectivity index (χ3n) is 4.66. The molecule has 100 valence electrons. The molecule has 0 saturated heterocycles. The molecule has 1 aromatic carbocycles. The predicted octanol–water partition coefficient (Wildman–Crippen LogP) is 4.71. The van der Waals surface area contributed by atoms with Gasteiger partial charge in [-0.25, -0.2) is 0 Å². The van der Waals surface area contributed by atoms with Crippen LogP contribution in [0.25, 0.3) is 0 Å². The molecule has 1 aliphatic rings. The molecule has 0 bridgehead atoms. The van der Waals surface area contributed by atoms with Crippen LogP contribution in [-0.4, -0.2) is 0 Å². The zero-order valence-electron chi connectivity index (χ0n) is 11.9. The van der Waals surface area contributed by atoms with E-state index in [4.69, 9.17) is 5.73 Å². The van der Waals surface area contributed by atoms with Gasteiger partial charge in [0.05, 0.1) is 0 Å². The first-order valence-corrected chi connectivity index (χ1v) is 7.59. The molecule has 0 heterocycles. The topological polar surface area (TPSA) is 26.0 Å². The van der Waals surface area contributed by atoms with Crippen LogP contribution in [0.2, 0.25) is 0 Å². The van der Waals surface area contributed by atoms with Crippen LogP contribution in [-0.2, 0) is 5.54 Å². The maximum atomic E-state index is 6.63. The summed E-state index contributed by atoms with van der Waals surface area (Å²) in [6, 6.07) is 9.08. The normalized spacial score (nSPS) is 19.1. The third-order valence-corrected chi connectivity index (χ3v) is 4.66. The van der Waals surface area contributed by atoms with Crippen molar-refractivity contribution in [2.75, 3.05) is 0 Å². The smallest absolute Gasteiger partial charge is 0.0409 e. The highest BCUT2D eigenvalue weighted by Crippen LogP contribution is 2.36. The minimum absolute atomic E-state index is 0.0553. The van der Waals surface area contributed by atoms with Gasteiger partial charge < -0.3 is 5.73 Å².